The van der Waals surface area contributed by atoms with Crippen molar-refractivity contribution in [2.75, 3.05) is 16.8 Å². The van der Waals surface area contributed by atoms with Crippen LogP contribution in [0.2, 0.25) is 0 Å². The van der Waals surface area contributed by atoms with Crippen LogP contribution in [0.5, 0.6) is 0 Å². The third-order valence-electron chi connectivity index (χ3n) is 3.68. The van der Waals surface area contributed by atoms with Crippen LogP contribution < -0.4 is 10.2 Å². The molecule has 2 aromatic rings. The van der Waals surface area contributed by atoms with Gasteiger partial charge in [-0.05, 0) is 47.9 Å². The summed E-state index contributed by atoms with van der Waals surface area (Å²) >= 11 is 0. The van der Waals surface area contributed by atoms with Gasteiger partial charge >= 0.3 is 0 Å². The van der Waals surface area contributed by atoms with Gasteiger partial charge in [0, 0.05) is 31.4 Å². The fraction of sp³-hybridized carbons (Fsp3) is 0.235. The Balaban J connectivity index is 1.77. The van der Waals surface area contributed by atoms with Gasteiger partial charge in [-0.1, -0.05) is 12.1 Å². The Morgan fingerprint density at radius 2 is 2.00 bits per heavy atom. The smallest absolute Gasteiger partial charge is 0.221 e. The van der Waals surface area contributed by atoms with Gasteiger partial charge in [0.2, 0.25) is 5.91 Å². The molecular weight excluding hydrogens is 267 g/mol. The number of nitrogens with one attached hydrogen (secondary N) is 1. The number of amides is 1. The molecule has 3 nitrogen and oxygen atoms in total. The number of hydrogen-bond donors (Lipinski definition) is 1. The Morgan fingerprint density at radius 3 is 2.71 bits per heavy atom. The first kappa shape index (κ1) is 13.6. The summed E-state index contributed by atoms with van der Waals surface area (Å²) in [6, 6.07) is 12.6. The van der Waals surface area contributed by atoms with Crippen LogP contribution in [-0.2, 0) is 17.8 Å². The van der Waals surface area contributed by atoms with E-state index in [1.807, 2.05) is 30.3 Å². The van der Waals surface area contributed by atoms with Crippen molar-refractivity contribution >= 4 is 17.3 Å². The Morgan fingerprint density at radius 1 is 1.24 bits per heavy atom. The second-order valence-corrected chi connectivity index (χ2v) is 5.32. The zero-order chi connectivity index (χ0) is 14.8. The van der Waals surface area contributed by atoms with E-state index in [-0.39, 0.29) is 11.7 Å². The SMILES string of the molecule is CC(=O)Nc1ccc2c(c1)CCN2Cc1ccc(F)cc1. The van der Waals surface area contributed by atoms with Crippen molar-refractivity contribution in [3.05, 3.63) is 59.4 Å². The number of halogens is 1. The summed E-state index contributed by atoms with van der Waals surface area (Å²) in [5, 5.41) is 2.81. The molecule has 0 aliphatic carbocycles. The molecule has 0 unspecified atom stereocenters. The van der Waals surface area contributed by atoms with Crippen LogP contribution in [0.25, 0.3) is 0 Å². The lowest BCUT2D eigenvalue weighted by Crippen LogP contribution is -2.19. The normalized spacial score (nSPS) is 13.1. The maximum atomic E-state index is 12.9. The average Bonchev–Trinajstić information content (AvgIpc) is 2.83. The van der Waals surface area contributed by atoms with Crippen molar-refractivity contribution in [3.8, 4) is 0 Å². The summed E-state index contributed by atoms with van der Waals surface area (Å²) in [7, 11) is 0. The van der Waals surface area contributed by atoms with E-state index in [2.05, 4.69) is 10.2 Å². The van der Waals surface area contributed by atoms with E-state index in [0.29, 0.717) is 0 Å². The van der Waals surface area contributed by atoms with E-state index in [1.54, 1.807) is 0 Å². The Hall–Kier alpha value is -2.36. The van der Waals surface area contributed by atoms with E-state index in [9.17, 15) is 9.18 Å². The van der Waals surface area contributed by atoms with E-state index in [4.69, 9.17) is 0 Å². The second-order valence-electron chi connectivity index (χ2n) is 5.32. The van der Waals surface area contributed by atoms with Gasteiger partial charge in [-0.2, -0.15) is 0 Å². The predicted octanol–water partition coefficient (Wildman–Crippen LogP) is 3.35. The van der Waals surface area contributed by atoms with Gasteiger partial charge in [-0.15, -0.1) is 0 Å². The van der Waals surface area contributed by atoms with E-state index in [1.165, 1.54) is 30.3 Å². The van der Waals surface area contributed by atoms with E-state index < -0.39 is 0 Å². The Labute approximate surface area is 123 Å². The molecule has 0 atom stereocenters. The number of rotatable bonds is 3. The molecule has 4 heteroatoms. The van der Waals surface area contributed by atoms with Crippen LogP contribution in [0.3, 0.4) is 0 Å². The highest BCUT2D eigenvalue weighted by atomic mass is 19.1. The molecule has 3 rings (SSSR count). The van der Waals surface area contributed by atoms with Gasteiger partial charge in [0.1, 0.15) is 5.82 Å². The molecule has 0 fully saturated rings. The van der Waals surface area contributed by atoms with Gasteiger partial charge in [-0.3, -0.25) is 4.79 Å². The summed E-state index contributed by atoms with van der Waals surface area (Å²) in [6.45, 7) is 3.22. The molecule has 0 spiro atoms. The first-order valence-electron chi connectivity index (χ1n) is 7.02. The van der Waals surface area contributed by atoms with Gasteiger partial charge < -0.3 is 10.2 Å². The van der Waals surface area contributed by atoms with Crippen LogP contribution in [0.1, 0.15) is 18.1 Å². The molecule has 21 heavy (non-hydrogen) atoms. The predicted molar refractivity (Wildman–Crippen MR) is 81.9 cm³/mol. The van der Waals surface area contributed by atoms with Crippen molar-refractivity contribution < 1.29 is 9.18 Å². The van der Waals surface area contributed by atoms with E-state index in [0.717, 1.165) is 30.8 Å². The van der Waals surface area contributed by atoms with Crippen LogP contribution in [-0.4, -0.2) is 12.5 Å². The van der Waals surface area contributed by atoms with Crippen LogP contribution >= 0.6 is 0 Å². The minimum Gasteiger partial charge on any atom is -0.367 e. The van der Waals surface area contributed by atoms with Crippen molar-refractivity contribution in [2.24, 2.45) is 0 Å². The summed E-state index contributed by atoms with van der Waals surface area (Å²) in [5.41, 5.74) is 4.36. The molecule has 1 N–H and O–H groups in total. The topological polar surface area (TPSA) is 32.3 Å². The van der Waals surface area contributed by atoms with Crippen molar-refractivity contribution in [2.45, 2.75) is 19.9 Å². The molecule has 1 aliphatic heterocycles. The van der Waals surface area contributed by atoms with Crippen LogP contribution in [0, 0.1) is 5.82 Å². The van der Waals surface area contributed by atoms with Gasteiger partial charge in [0.25, 0.3) is 0 Å². The second kappa shape index (κ2) is 5.56. The lowest BCUT2D eigenvalue weighted by molar-refractivity contribution is -0.114. The molecule has 108 valence electrons. The maximum Gasteiger partial charge on any atom is 0.221 e. The Bertz CT molecular complexity index is 667. The number of carbonyl (C=O) groups excluding carboxylic acids is 1. The molecule has 0 saturated heterocycles. The highest BCUT2D eigenvalue weighted by molar-refractivity contribution is 5.89. The molecule has 0 radical (unpaired) electrons. The average molecular weight is 284 g/mol. The first-order valence-corrected chi connectivity index (χ1v) is 7.02. The third kappa shape index (κ3) is 3.05. The summed E-state index contributed by atoms with van der Waals surface area (Å²) in [6.07, 6.45) is 0.962. The van der Waals surface area contributed by atoms with Crippen molar-refractivity contribution in [1.29, 1.82) is 0 Å². The maximum absolute atomic E-state index is 12.9. The molecule has 1 amide bonds. The van der Waals surface area contributed by atoms with Crippen molar-refractivity contribution in [3.63, 3.8) is 0 Å². The standard InChI is InChI=1S/C17H17FN2O/c1-12(21)19-16-6-7-17-14(10-16)8-9-20(17)11-13-2-4-15(18)5-3-13/h2-7,10H,8-9,11H2,1H3,(H,19,21). The molecule has 2 aromatic carbocycles. The highest BCUT2D eigenvalue weighted by Crippen LogP contribution is 2.31. The fourth-order valence-corrected chi connectivity index (χ4v) is 2.73. The minimum absolute atomic E-state index is 0.0592. The molecule has 0 saturated carbocycles. The highest BCUT2D eigenvalue weighted by Gasteiger charge is 2.19. The van der Waals surface area contributed by atoms with Crippen LogP contribution in [0.4, 0.5) is 15.8 Å². The molecule has 0 aromatic heterocycles. The number of fused-ring (bicyclic) bond motifs is 1. The van der Waals surface area contributed by atoms with Crippen molar-refractivity contribution in [1.82, 2.24) is 0 Å². The molecular formula is C17H17FN2O. The summed E-state index contributed by atoms with van der Waals surface area (Å²) in [5.74, 6) is -0.267. The molecule has 1 aliphatic rings. The number of hydrogen-bond acceptors (Lipinski definition) is 2. The van der Waals surface area contributed by atoms with Gasteiger partial charge in [0.15, 0.2) is 0 Å². The largest absolute Gasteiger partial charge is 0.367 e. The number of benzene rings is 2. The number of nitrogens with zero attached hydrogens (tertiary/aromatic N) is 1. The zero-order valence-corrected chi connectivity index (χ0v) is 11.9. The third-order valence-corrected chi connectivity index (χ3v) is 3.68. The minimum atomic E-state index is -0.208. The van der Waals surface area contributed by atoms with Gasteiger partial charge in [-0.25, -0.2) is 4.39 Å². The molecule has 0 bridgehead atoms. The summed E-state index contributed by atoms with van der Waals surface area (Å²) in [4.78, 5) is 13.4. The number of carbonyl (C=O) groups is 1. The first-order chi connectivity index (χ1) is 10.1. The Kier molecular flexibility index (Phi) is 3.60. The molecule has 1 heterocycles. The van der Waals surface area contributed by atoms with E-state index >= 15 is 0 Å². The van der Waals surface area contributed by atoms with Gasteiger partial charge in [0.05, 0.1) is 0 Å². The number of anilines is 2. The summed E-state index contributed by atoms with van der Waals surface area (Å²) < 4.78 is 12.9. The quantitative estimate of drug-likeness (QED) is 0.937. The lowest BCUT2D eigenvalue weighted by Gasteiger charge is -2.19. The monoisotopic (exact) mass is 284 g/mol. The van der Waals surface area contributed by atoms with Crippen LogP contribution in [0.15, 0.2) is 42.5 Å². The fourth-order valence-electron chi connectivity index (χ4n) is 2.73. The zero-order valence-electron chi connectivity index (χ0n) is 11.9. The lowest BCUT2D eigenvalue weighted by atomic mass is 10.1.